The maximum absolute atomic E-state index is 14.0. The molecule has 0 aromatic heterocycles. The van der Waals surface area contributed by atoms with Crippen LogP contribution in [0.15, 0.2) is 60.7 Å². The van der Waals surface area contributed by atoms with Crippen LogP contribution in [-0.4, -0.2) is 44.2 Å². The van der Waals surface area contributed by atoms with Gasteiger partial charge in [0.15, 0.2) is 17.6 Å². The van der Waals surface area contributed by atoms with E-state index in [0.717, 1.165) is 16.9 Å². The first kappa shape index (κ1) is 26.0. The predicted molar refractivity (Wildman–Crippen MR) is 141 cm³/mol. The van der Waals surface area contributed by atoms with Gasteiger partial charge < -0.3 is 14.2 Å². The third-order valence-electron chi connectivity index (χ3n) is 7.07. The van der Waals surface area contributed by atoms with Crippen molar-refractivity contribution in [2.24, 2.45) is 5.92 Å². The summed E-state index contributed by atoms with van der Waals surface area (Å²) in [5, 5.41) is 12.9. The molecular formula is C28H27N3O8. The van der Waals surface area contributed by atoms with Crippen LogP contribution in [0.4, 0.5) is 17.1 Å². The molecule has 0 N–H and O–H groups in total. The zero-order valence-electron chi connectivity index (χ0n) is 21.8. The summed E-state index contributed by atoms with van der Waals surface area (Å²) in [6, 6.07) is 15.5. The fraction of sp³-hybridized carbons (Fsp3) is 0.286. The lowest BCUT2D eigenvalue weighted by atomic mass is 9.89. The molecule has 2 saturated heterocycles. The highest BCUT2D eigenvalue weighted by atomic mass is 16.7. The van der Waals surface area contributed by atoms with E-state index in [1.807, 2.05) is 19.1 Å². The molecule has 2 heterocycles. The van der Waals surface area contributed by atoms with Crippen molar-refractivity contribution in [3.05, 3.63) is 81.9 Å². The van der Waals surface area contributed by atoms with Gasteiger partial charge in [-0.05, 0) is 42.3 Å². The van der Waals surface area contributed by atoms with Crippen LogP contribution in [0.5, 0.6) is 17.2 Å². The number of methoxy groups -OCH3 is 3. The van der Waals surface area contributed by atoms with Gasteiger partial charge in [-0.15, -0.1) is 0 Å². The highest BCUT2D eigenvalue weighted by Crippen LogP contribution is 2.52. The maximum atomic E-state index is 14.0. The third kappa shape index (κ3) is 4.20. The van der Waals surface area contributed by atoms with Gasteiger partial charge in [-0.1, -0.05) is 25.1 Å². The van der Waals surface area contributed by atoms with Crippen LogP contribution in [0.25, 0.3) is 0 Å². The average Bonchev–Trinajstić information content (AvgIpc) is 3.47. The zero-order valence-corrected chi connectivity index (χ0v) is 21.8. The number of anilines is 2. The Morgan fingerprint density at radius 3 is 2.23 bits per heavy atom. The molecule has 2 aliphatic rings. The van der Waals surface area contributed by atoms with Crippen LogP contribution < -0.4 is 24.2 Å². The minimum absolute atomic E-state index is 0.165. The van der Waals surface area contributed by atoms with Gasteiger partial charge in [0.2, 0.25) is 11.7 Å². The Morgan fingerprint density at radius 1 is 0.897 bits per heavy atom. The lowest BCUT2D eigenvalue weighted by molar-refractivity contribution is -0.384. The molecular weight excluding hydrogens is 506 g/mol. The minimum atomic E-state index is -1.16. The second kappa shape index (κ2) is 10.3. The molecule has 11 heteroatoms. The molecule has 3 aromatic rings. The van der Waals surface area contributed by atoms with Crippen LogP contribution in [0.1, 0.15) is 24.1 Å². The second-order valence-electron chi connectivity index (χ2n) is 9.05. The van der Waals surface area contributed by atoms with Crippen LogP contribution in [0, 0.1) is 16.0 Å². The first-order chi connectivity index (χ1) is 18.8. The first-order valence-corrected chi connectivity index (χ1v) is 12.3. The van der Waals surface area contributed by atoms with Gasteiger partial charge in [-0.3, -0.25) is 24.5 Å². The number of ether oxygens (including phenoxy) is 3. The summed E-state index contributed by atoms with van der Waals surface area (Å²) in [6.45, 7) is 2.02. The van der Waals surface area contributed by atoms with Crippen molar-refractivity contribution >= 4 is 28.9 Å². The largest absolute Gasteiger partial charge is 0.493 e. The molecule has 3 atom stereocenters. The number of nitro groups is 1. The van der Waals surface area contributed by atoms with E-state index in [0.29, 0.717) is 28.4 Å². The molecule has 0 bridgehead atoms. The van der Waals surface area contributed by atoms with Crippen molar-refractivity contribution < 1.29 is 33.6 Å². The number of fused-ring (bicyclic) bond motifs is 1. The Kier molecular flexibility index (Phi) is 6.83. The van der Waals surface area contributed by atoms with Crippen molar-refractivity contribution in [3.63, 3.8) is 0 Å². The Morgan fingerprint density at radius 2 is 1.62 bits per heavy atom. The van der Waals surface area contributed by atoms with E-state index in [2.05, 4.69) is 0 Å². The van der Waals surface area contributed by atoms with E-state index < -0.39 is 34.8 Å². The highest BCUT2D eigenvalue weighted by molar-refractivity contribution is 6.24. The number of nitro benzene ring substituents is 1. The minimum Gasteiger partial charge on any atom is -0.493 e. The molecule has 11 nitrogen and oxygen atoms in total. The Labute approximate surface area is 224 Å². The first-order valence-electron chi connectivity index (χ1n) is 12.3. The Hall–Kier alpha value is -4.64. The molecule has 5 rings (SSSR count). The number of hydrogen-bond acceptors (Lipinski definition) is 9. The molecule has 2 aliphatic heterocycles. The van der Waals surface area contributed by atoms with Crippen molar-refractivity contribution in [3.8, 4) is 17.2 Å². The summed E-state index contributed by atoms with van der Waals surface area (Å²) >= 11 is 0. The van der Waals surface area contributed by atoms with E-state index in [4.69, 9.17) is 19.0 Å². The maximum Gasteiger partial charge on any atom is 0.271 e. The summed E-state index contributed by atoms with van der Waals surface area (Å²) in [5.74, 6) is -0.969. The molecule has 0 radical (unpaired) electrons. The van der Waals surface area contributed by atoms with Crippen LogP contribution >= 0.6 is 0 Å². The van der Waals surface area contributed by atoms with Crippen molar-refractivity contribution in [2.75, 3.05) is 31.3 Å². The number of aryl methyl sites for hydroxylation is 1. The zero-order chi connectivity index (χ0) is 27.8. The summed E-state index contributed by atoms with van der Waals surface area (Å²) < 4.78 is 16.7. The quantitative estimate of drug-likeness (QED) is 0.238. The predicted octanol–water partition coefficient (Wildman–Crippen LogP) is 4.23. The van der Waals surface area contributed by atoms with E-state index in [1.165, 1.54) is 44.6 Å². The van der Waals surface area contributed by atoms with Gasteiger partial charge in [-0.2, -0.15) is 0 Å². The van der Waals surface area contributed by atoms with Gasteiger partial charge in [0, 0.05) is 17.7 Å². The van der Waals surface area contributed by atoms with Crippen molar-refractivity contribution in [1.82, 2.24) is 0 Å². The fourth-order valence-corrected chi connectivity index (χ4v) is 5.19. The molecule has 3 aromatic carbocycles. The molecule has 2 fully saturated rings. The number of non-ortho nitro benzene ring substituents is 1. The van der Waals surface area contributed by atoms with Crippen LogP contribution in [0.2, 0.25) is 0 Å². The van der Waals surface area contributed by atoms with Crippen molar-refractivity contribution in [2.45, 2.75) is 25.5 Å². The lowest BCUT2D eigenvalue weighted by Crippen LogP contribution is -2.37. The lowest BCUT2D eigenvalue weighted by Gasteiger charge is -2.30. The third-order valence-corrected chi connectivity index (χ3v) is 7.07. The highest BCUT2D eigenvalue weighted by Gasteiger charge is 2.61. The van der Waals surface area contributed by atoms with Gasteiger partial charge in [0.25, 0.3) is 11.6 Å². The number of amides is 2. The van der Waals surface area contributed by atoms with Crippen molar-refractivity contribution in [1.29, 1.82) is 0 Å². The number of hydrogen-bond donors (Lipinski definition) is 0. The van der Waals surface area contributed by atoms with E-state index in [-0.39, 0.29) is 11.4 Å². The smallest absolute Gasteiger partial charge is 0.271 e. The summed E-state index contributed by atoms with van der Waals surface area (Å²) in [7, 11) is 4.40. The van der Waals surface area contributed by atoms with E-state index >= 15 is 0 Å². The topological polar surface area (TPSA) is 121 Å². The summed E-state index contributed by atoms with van der Waals surface area (Å²) in [5.41, 5.74) is 2.14. The number of carbonyl (C=O) groups is 2. The molecule has 0 saturated carbocycles. The SMILES string of the molecule is CCc1ccc(N2C(=O)C3ON(c4cccc([N+](=O)[O-])c4)C(c4ccc(OC)c(OC)c4OC)C3C2=O)cc1. The number of rotatable bonds is 8. The Balaban J connectivity index is 1.66. The monoisotopic (exact) mass is 533 g/mol. The number of nitrogens with zero attached hydrogens (tertiary/aromatic N) is 3. The standard InChI is InChI=1S/C28H27N3O8/c1-5-16-9-11-17(12-10-16)29-27(32)22-23(20-13-14-21(36-2)25(38-4)24(20)37-3)30(39-26(22)28(29)33)18-7-6-8-19(15-18)31(34)35/h6-15,22-23,26H,5H2,1-4H3. The van der Waals surface area contributed by atoms with Crippen LogP contribution in [-0.2, 0) is 20.8 Å². The van der Waals surface area contributed by atoms with E-state index in [1.54, 1.807) is 30.3 Å². The van der Waals surface area contributed by atoms with Crippen LogP contribution in [0.3, 0.4) is 0 Å². The van der Waals surface area contributed by atoms with Gasteiger partial charge >= 0.3 is 0 Å². The average molecular weight is 534 g/mol. The van der Waals surface area contributed by atoms with E-state index in [9.17, 15) is 19.7 Å². The number of hydroxylamine groups is 1. The van der Waals surface area contributed by atoms with Gasteiger partial charge in [-0.25, -0.2) is 9.96 Å². The van der Waals surface area contributed by atoms with Gasteiger partial charge in [0.1, 0.15) is 12.0 Å². The normalized spacial score (nSPS) is 20.3. The van der Waals surface area contributed by atoms with Gasteiger partial charge in [0.05, 0.1) is 37.6 Å². The molecule has 0 spiro atoms. The fourth-order valence-electron chi connectivity index (χ4n) is 5.19. The molecule has 2 amide bonds. The second-order valence-corrected chi connectivity index (χ2v) is 9.05. The molecule has 39 heavy (non-hydrogen) atoms. The number of benzene rings is 3. The Bertz CT molecular complexity index is 1440. The number of carbonyl (C=O) groups excluding carboxylic acids is 2. The summed E-state index contributed by atoms with van der Waals surface area (Å²) in [6.07, 6.45) is -0.346. The molecule has 3 unspecified atom stereocenters. The summed E-state index contributed by atoms with van der Waals surface area (Å²) in [4.78, 5) is 45.9. The molecule has 0 aliphatic carbocycles. The molecule has 202 valence electrons. The number of imide groups is 1.